The third-order valence-electron chi connectivity index (χ3n) is 5.58. The Morgan fingerprint density at radius 2 is 1.77 bits per heavy atom. The molecule has 0 aromatic heterocycles. The molecule has 3 rings (SSSR count). The SMILES string of the molecule is Cc1ccc(C)c(OC(=O)CCN2C(=O)NC3(CCCCC3)C2=O)c1C. The number of nitrogens with one attached hydrogen (secondary N) is 1. The highest BCUT2D eigenvalue weighted by molar-refractivity contribution is 6.07. The Balaban J connectivity index is 1.62. The Morgan fingerprint density at radius 3 is 2.46 bits per heavy atom. The van der Waals surface area contributed by atoms with Crippen LogP contribution in [0.1, 0.15) is 55.2 Å². The quantitative estimate of drug-likeness (QED) is 0.510. The molecule has 0 unspecified atom stereocenters. The van der Waals surface area contributed by atoms with E-state index in [-0.39, 0.29) is 18.9 Å². The number of urea groups is 1. The van der Waals surface area contributed by atoms with E-state index in [0.29, 0.717) is 18.6 Å². The smallest absolute Gasteiger partial charge is 0.325 e. The van der Waals surface area contributed by atoms with Gasteiger partial charge in [-0.2, -0.15) is 0 Å². The molecule has 2 fully saturated rings. The van der Waals surface area contributed by atoms with Gasteiger partial charge in [0.1, 0.15) is 11.3 Å². The van der Waals surface area contributed by atoms with Crippen molar-refractivity contribution in [3.63, 3.8) is 0 Å². The lowest BCUT2D eigenvalue weighted by atomic mass is 9.82. The van der Waals surface area contributed by atoms with E-state index in [1.165, 1.54) is 4.90 Å². The number of carbonyl (C=O) groups is 3. The Morgan fingerprint density at radius 1 is 1.12 bits per heavy atom. The highest BCUT2D eigenvalue weighted by Crippen LogP contribution is 2.33. The molecule has 0 bridgehead atoms. The van der Waals surface area contributed by atoms with E-state index < -0.39 is 17.5 Å². The molecule has 1 spiro atoms. The number of hydrogen-bond acceptors (Lipinski definition) is 4. The van der Waals surface area contributed by atoms with Crippen LogP contribution in [0.15, 0.2) is 12.1 Å². The molecule has 0 atom stereocenters. The molecule has 2 aliphatic rings. The maximum absolute atomic E-state index is 12.7. The van der Waals surface area contributed by atoms with Crippen LogP contribution >= 0.6 is 0 Å². The number of esters is 1. The molecular formula is C20H26N2O4. The molecule has 6 nitrogen and oxygen atoms in total. The van der Waals surface area contributed by atoms with Crippen LogP contribution in [0.4, 0.5) is 4.79 Å². The molecule has 0 radical (unpaired) electrons. The number of hydrogen-bond donors (Lipinski definition) is 1. The van der Waals surface area contributed by atoms with Crippen LogP contribution in [0.2, 0.25) is 0 Å². The van der Waals surface area contributed by atoms with Crippen molar-refractivity contribution in [2.75, 3.05) is 6.54 Å². The molecular weight excluding hydrogens is 332 g/mol. The highest BCUT2D eigenvalue weighted by atomic mass is 16.5. The standard InChI is InChI=1S/C20H26N2O4/c1-13-7-8-14(2)17(15(13)3)26-16(23)9-12-22-18(24)20(21-19(22)25)10-5-4-6-11-20/h7-8H,4-6,9-12H2,1-3H3,(H,21,25). The monoisotopic (exact) mass is 358 g/mol. The van der Waals surface area contributed by atoms with E-state index in [2.05, 4.69) is 5.32 Å². The first kappa shape index (κ1) is 18.4. The van der Waals surface area contributed by atoms with Gasteiger partial charge in [0.25, 0.3) is 5.91 Å². The van der Waals surface area contributed by atoms with Crippen LogP contribution in [-0.4, -0.2) is 34.9 Å². The summed E-state index contributed by atoms with van der Waals surface area (Å²) in [6.45, 7) is 5.81. The van der Waals surface area contributed by atoms with Gasteiger partial charge in [0.2, 0.25) is 0 Å². The minimum atomic E-state index is -0.747. The van der Waals surface area contributed by atoms with E-state index in [0.717, 1.165) is 36.0 Å². The lowest BCUT2D eigenvalue weighted by molar-refractivity contribution is -0.136. The number of ether oxygens (including phenoxy) is 1. The zero-order valence-corrected chi connectivity index (χ0v) is 15.7. The molecule has 1 aromatic carbocycles. The molecule has 1 N–H and O–H groups in total. The van der Waals surface area contributed by atoms with E-state index in [1.807, 2.05) is 32.9 Å². The van der Waals surface area contributed by atoms with Crippen LogP contribution in [-0.2, 0) is 9.59 Å². The summed E-state index contributed by atoms with van der Waals surface area (Å²) < 4.78 is 5.52. The predicted molar refractivity (Wildman–Crippen MR) is 97.0 cm³/mol. The number of imide groups is 1. The number of carbonyl (C=O) groups excluding carboxylic acids is 3. The van der Waals surface area contributed by atoms with Crippen molar-refractivity contribution >= 4 is 17.9 Å². The van der Waals surface area contributed by atoms with E-state index >= 15 is 0 Å². The fraction of sp³-hybridized carbons (Fsp3) is 0.550. The molecule has 6 heteroatoms. The molecule has 1 aromatic rings. The van der Waals surface area contributed by atoms with Crippen LogP contribution < -0.4 is 10.1 Å². The molecule has 140 valence electrons. The fourth-order valence-corrected chi connectivity index (χ4v) is 3.82. The van der Waals surface area contributed by atoms with Crippen molar-refractivity contribution in [2.45, 2.75) is 64.8 Å². The van der Waals surface area contributed by atoms with Crippen molar-refractivity contribution in [3.05, 3.63) is 28.8 Å². The first-order chi connectivity index (χ1) is 12.3. The summed E-state index contributed by atoms with van der Waals surface area (Å²) in [6.07, 6.45) is 4.32. The molecule has 1 aliphatic heterocycles. The van der Waals surface area contributed by atoms with Gasteiger partial charge in [-0.3, -0.25) is 14.5 Å². The van der Waals surface area contributed by atoms with E-state index in [4.69, 9.17) is 4.74 Å². The average Bonchev–Trinajstić information content (AvgIpc) is 2.84. The summed E-state index contributed by atoms with van der Waals surface area (Å²) in [5.74, 6) is -0.0686. The first-order valence-corrected chi connectivity index (χ1v) is 9.26. The van der Waals surface area contributed by atoms with Crippen molar-refractivity contribution < 1.29 is 19.1 Å². The maximum Gasteiger partial charge on any atom is 0.325 e. The second-order valence-electron chi connectivity index (χ2n) is 7.41. The highest BCUT2D eigenvalue weighted by Gasteiger charge is 2.51. The van der Waals surface area contributed by atoms with Gasteiger partial charge in [0.15, 0.2) is 0 Å². The molecule has 1 heterocycles. The molecule has 1 saturated carbocycles. The maximum atomic E-state index is 12.7. The Bertz CT molecular complexity index is 750. The Hall–Kier alpha value is -2.37. The zero-order chi connectivity index (χ0) is 18.9. The van der Waals surface area contributed by atoms with Crippen molar-refractivity contribution in [3.8, 4) is 5.75 Å². The zero-order valence-electron chi connectivity index (χ0n) is 15.7. The molecule has 1 saturated heterocycles. The van der Waals surface area contributed by atoms with Gasteiger partial charge in [0, 0.05) is 6.54 Å². The summed E-state index contributed by atoms with van der Waals surface area (Å²) in [4.78, 5) is 38.4. The van der Waals surface area contributed by atoms with E-state index in [1.54, 1.807) is 0 Å². The minimum Gasteiger partial charge on any atom is -0.426 e. The molecule has 26 heavy (non-hydrogen) atoms. The predicted octanol–water partition coefficient (Wildman–Crippen LogP) is 3.16. The third kappa shape index (κ3) is 3.32. The number of aryl methyl sites for hydroxylation is 2. The number of nitrogens with zero attached hydrogens (tertiary/aromatic N) is 1. The van der Waals surface area contributed by atoms with Gasteiger partial charge in [-0.25, -0.2) is 4.79 Å². The van der Waals surface area contributed by atoms with Crippen molar-refractivity contribution in [1.29, 1.82) is 0 Å². The van der Waals surface area contributed by atoms with Gasteiger partial charge >= 0.3 is 12.0 Å². The normalized spacial score (nSPS) is 19.0. The van der Waals surface area contributed by atoms with Crippen LogP contribution in [0.5, 0.6) is 5.75 Å². The summed E-state index contributed by atoms with van der Waals surface area (Å²) >= 11 is 0. The topological polar surface area (TPSA) is 75.7 Å². The summed E-state index contributed by atoms with van der Waals surface area (Å²) in [5, 5.41) is 2.85. The summed E-state index contributed by atoms with van der Waals surface area (Å²) in [6, 6.07) is 3.50. The number of rotatable bonds is 4. The lowest BCUT2D eigenvalue weighted by Gasteiger charge is -2.30. The average molecular weight is 358 g/mol. The second-order valence-corrected chi connectivity index (χ2v) is 7.41. The van der Waals surface area contributed by atoms with Gasteiger partial charge in [-0.1, -0.05) is 31.4 Å². The van der Waals surface area contributed by atoms with Crippen molar-refractivity contribution in [1.82, 2.24) is 10.2 Å². The lowest BCUT2D eigenvalue weighted by Crippen LogP contribution is -2.48. The van der Waals surface area contributed by atoms with Gasteiger partial charge in [-0.15, -0.1) is 0 Å². The second kappa shape index (κ2) is 7.09. The largest absolute Gasteiger partial charge is 0.426 e. The Labute approximate surface area is 153 Å². The van der Waals surface area contributed by atoms with Crippen LogP contribution in [0, 0.1) is 20.8 Å². The van der Waals surface area contributed by atoms with Gasteiger partial charge < -0.3 is 10.1 Å². The van der Waals surface area contributed by atoms with Crippen LogP contribution in [0.25, 0.3) is 0 Å². The van der Waals surface area contributed by atoms with Gasteiger partial charge in [-0.05, 0) is 50.3 Å². The number of amides is 3. The van der Waals surface area contributed by atoms with Crippen molar-refractivity contribution in [2.24, 2.45) is 0 Å². The van der Waals surface area contributed by atoms with Crippen LogP contribution in [0.3, 0.4) is 0 Å². The fourth-order valence-electron chi connectivity index (χ4n) is 3.82. The third-order valence-corrected chi connectivity index (χ3v) is 5.58. The first-order valence-electron chi connectivity index (χ1n) is 9.26. The summed E-state index contributed by atoms with van der Waals surface area (Å²) in [5.41, 5.74) is 2.11. The summed E-state index contributed by atoms with van der Waals surface area (Å²) in [7, 11) is 0. The van der Waals surface area contributed by atoms with Gasteiger partial charge in [0.05, 0.1) is 6.42 Å². The number of benzene rings is 1. The molecule has 3 amide bonds. The molecule has 1 aliphatic carbocycles. The minimum absolute atomic E-state index is 0.0118. The Kier molecular flexibility index (Phi) is 5.03. The van der Waals surface area contributed by atoms with E-state index in [9.17, 15) is 14.4 Å².